The van der Waals surface area contributed by atoms with Gasteiger partial charge in [-0.25, -0.2) is 13.8 Å². The van der Waals surface area contributed by atoms with Gasteiger partial charge in [-0.1, -0.05) is 6.07 Å². The van der Waals surface area contributed by atoms with Gasteiger partial charge in [0.1, 0.15) is 12.0 Å². The number of nitrogens with one attached hydrogen (secondary N) is 2. The third kappa shape index (κ3) is 2.69. The van der Waals surface area contributed by atoms with Gasteiger partial charge < -0.3 is 10.1 Å². The maximum absolute atomic E-state index is 13.9. The zero-order valence-electron chi connectivity index (χ0n) is 13.2. The summed E-state index contributed by atoms with van der Waals surface area (Å²) in [6.45, 7) is 0. The summed E-state index contributed by atoms with van der Waals surface area (Å²) in [4.78, 5) is 16.0. The molecule has 132 valence electrons. The van der Waals surface area contributed by atoms with Crippen molar-refractivity contribution in [2.24, 2.45) is 5.92 Å². The number of benzene rings is 1. The van der Waals surface area contributed by atoms with Crippen molar-refractivity contribution >= 4 is 22.8 Å². The van der Waals surface area contributed by atoms with Crippen LogP contribution in [0.15, 0.2) is 30.3 Å². The minimum Gasteiger partial charge on any atom is -0.493 e. The number of carbonyl (C=O) groups excluding carboxylic acids is 1. The van der Waals surface area contributed by atoms with Gasteiger partial charge >= 0.3 is 0 Å². The molecule has 3 aromatic rings. The minimum atomic E-state index is -1.07. The molecule has 0 radical (unpaired) electrons. The number of H-pyrrole nitrogens is 1. The number of rotatable bonds is 4. The molecule has 8 heteroatoms. The van der Waals surface area contributed by atoms with Crippen LogP contribution in [0.5, 0.6) is 5.75 Å². The fraction of sp³-hybridized carbons (Fsp3) is 0.235. The average molecular weight is 348 g/mol. The first-order valence-electron chi connectivity index (χ1n) is 7.71. The zero-order chi connectivity index (χ0) is 17.6. The number of aromatic amines is 1. The molecule has 0 bridgehead atoms. The number of hydrogen-bond donors (Lipinski definition) is 2. The Balaban J connectivity index is 0.00000131. The van der Waals surface area contributed by atoms with Crippen molar-refractivity contribution in [1.29, 1.82) is 0 Å². The third-order valence-corrected chi connectivity index (χ3v) is 4.16. The molecule has 1 amide bonds. The van der Waals surface area contributed by atoms with Crippen LogP contribution in [0, 0.1) is 11.7 Å². The Morgan fingerprint density at radius 2 is 2.20 bits per heavy atom. The minimum absolute atomic E-state index is 0. The van der Waals surface area contributed by atoms with Crippen LogP contribution in [0.25, 0.3) is 22.3 Å². The van der Waals surface area contributed by atoms with Crippen LogP contribution < -0.4 is 10.1 Å². The van der Waals surface area contributed by atoms with E-state index in [1.54, 1.807) is 24.3 Å². The molecule has 0 saturated heterocycles. The van der Waals surface area contributed by atoms with Crippen LogP contribution in [0.4, 0.5) is 14.6 Å². The van der Waals surface area contributed by atoms with Crippen molar-refractivity contribution in [2.45, 2.75) is 12.6 Å². The molecule has 2 N–H and O–H groups in total. The highest BCUT2D eigenvalue weighted by Crippen LogP contribution is 2.36. The molecule has 25 heavy (non-hydrogen) atoms. The monoisotopic (exact) mass is 348 g/mol. The van der Waals surface area contributed by atoms with Crippen molar-refractivity contribution in [3.8, 4) is 17.0 Å². The number of carbonyl (C=O) groups is 1. The molecule has 4 rings (SSSR count). The molecule has 1 aliphatic rings. The van der Waals surface area contributed by atoms with E-state index < -0.39 is 17.9 Å². The molecule has 1 saturated carbocycles. The number of alkyl halides is 1. The van der Waals surface area contributed by atoms with E-state index in [2.05, 4.69) is 20.5 Å². The first-order valence-corrected chi connectivity index (χ1v) is 7.71. The van der Waals surface area contributed by atoms with Gasteiger partial charge in [0.15, 0.2) is 17.2 Å². The number of hydrogen-bond acceptors (Lipinski definition) is 4. The Bertz CT molecular complexity index is 983. The molecule has 1 aromatic carbocycles. The van der Waals surface area contributed by atoms with Crippen molar-refractivity contribution < 1.29 is 21.2 Å². The molecule has 0 spiro atoms. The van der Waals surface area contributed by atoms with Gasteiger partial charge in [-0.2, -0.15) is 5.10 Å². The third-order valence-electron chi connectivity index (χ3n) is 4.16. The van der Waals surface area contributed by atoms with Gasteiger partial charge in [-0.05, 0) is 30.7 Å². The van der Waals surface area contributed by atoms with Crippen molar-refractivity contribution in [3.63, 3.8) is 0 Å². The van der Waals surface area contributed by atoms with Crippen LogP contribution in [-0.2, 0) is 4.79 Å². The molecular formula is C17H18F2N4O2. The fourth-order valence-corrected chi connectivity index (χ4v) is 2.74. The normalized spacial score (nSPS) is 19.0. The van der Waals surface area contributed by atoms with Crippen LogP contribution in [0.1, 0.15) is 9.27 Å². The fourth-order valence-electron chi connectivity index (χ4n) is 2.74. The first kappa shape index (κ1) is 15.5. The predicted octanol–water partition coefficient (Wildman–Crippen LogP) is 3.56. The number of pyridine rings is 1. The van der Waals surface area contributed by atoms with E-state index in [9.17, 15) is 13.6 Å². The second-order valence-corrected chi connectivity index (χ2v) is 5.83. The molecule has 1 aliphatic carbocycles. The number of para-hydroxylation sites is 1. The standard InChI is InChI=1S/C17H14F2N4O2.2H2/c1-25-15-8(3-2-4-11(15)18)14-9-5-6-13(20-16(9)23-22-14)21-17(24)10-7-12(10)19;;/h2-6,10,12H,7H2,1H3,(H2,20,21,22,23,24);2*1H. The van der Waals surface area contributed by atoms with E-state index in [0.717, 1.165) is 0 Å². The average Bonchev–Trinajstić information content (AvgIpc) is 3.19. The molecule has 2 unspecified atom stereocenters. The lowest BCUT2D eigenvalue weighted by molar-refractivity contribution is -0.117. The summed E-state index contributed by atoms with van der Waals surface area (Å²) in [5.41, 5.74) is 1.43. The summed E-state index contributed by atoms with van der Waals surface area (Å²) in [5, 5.41) is 10.2. The predicted molar refractivity (Wildman–Crippen MR) is 91.7 cm³/mol. The highest BCUT2D eigenvalue weighted by Gasteiger charge is 2.43. The maximum Gasteiger partial charge on any atom is 0.231 e. The van der Waals surface area contributed by atoms with E-state index >= 15 is 0 Å². The van der Waals surface area contributed by atoms with Crippen molar-refractivity contribution in [1.82, 2.24) is 15.2 Å². The quantitative estimate of drug-likeness (QED) is 0.755. The van der Waals surface area contributed by atoms with Crippen LogP contribution in [0.3, 0.4) is 0 Å². The Kier molecular flexibility index (Phi) is 3.60. The molecular weight excluding hydrogens is 330 g/mol. The van der Waals surface area contributed by atoms with E-state index in [1.807, 2.05) is 0 Å². The summed E-state index contributed by atoms with van der Waals surface area (Å²) < 4.78 is 32.0. The Hall–Kier alpha value is -3.03. The van der Waals surface area contributed by atoms with Gasteiger partial charge in [-0.15, -0.1) is 0 Å². The molecule has 0 aliphatic heterocycles. The molecule has 2 aromatic heterocycles. The number of fused-ring (bicyclic) bond motifs is 1. The van der Waals surface area contributed by atoms with Gasteiger partial charge in [0.05, 0.1) is 18.7 Å². The highest BCUT2D eigenvalue weighted by atomic mass is 19.1. The summed E-state index contributed by atoms with van der Waals surface area (Å²) in [6.07, 6.45) is -0.818. The summed E-state index contributed by atoms with van der Waals surface area (Å²) >= 11 is 0. The van der Waals surface area contributed by atoms with Gasteiger partial charge in [0.2, 0.25) is 5.91 Å². The van der Waals surface area contributed by atoms with E-state index in [-0.39, 0.29) is 20.9 Å². The first-order chi connectivity index (χ1) is 12.1. The Morgan fingerprint density at radius 1 is 1.40 bits per heavy atom. The highest BCUT2D eigenvalue weighted by molar-refractivity contribution is 5.97. The zero-order valence-corrected chi connectivity index (χ0v) is 13.2. The second-order valence-electron chi connectivity index (χ2n) is 5.83. The number of aromatic nitrogens is 3. The summed E-state index contributed by atoms with van der Waals surface area (Å²) in [7, 11) is 1.39. The van der Waals surface area contributed by atoms with Crippen molar-refractivity contribution in [3.05, 3.63) is 36.1 Å². The topological polar surface area (TPSA) is 79.9 Å². The SMILES string of the molecule is COc1c(F)cccc1-c1[nH]nc2nc(NC(=O)C3CC3F)ccc12.[HH].[HH]. The van der Waals surface area contributed by atoms with Gasteiger partial charge in [0.25, 0.3) is 0 Å². The van der Waals surface area contributed by atoms with E-state index in [0.29, 0.717) is 28.1 Å². The molecule has 2 atom stereocenters. The lowest BCUT2D eigenvalue weighted by Crippen LogP contribution is -2.15. The lowest BCUT2D eigenvalue weighted by Gasteiger charge is -2.08. The number of ether oxygens (including phenoxy) is 1. The number of nitrogens with zero attached hydrogens (tertiary/aromatic N) is 2. The van der Waals surface area contributed by atoms with Crippen LogP contribution >= 0.6 is 0 Å². The van der Waals surface area contributed by atoms with E-state index in [4.69, 9.17) is 4.74 Å². The second kappa shape index (κ2) is 5.80. The molecule has 6 nitrogen and oxygen atoms in total. The van der Waals surface area contributed by atoms with Gasteiger partial charge in [0, 0.05) is 13.8 Å². The number of anilines is 1. The summed E-state index contributed by atoms with van der Waals surface area (Å²) in [5.74, 6) is -1.07. The number of amides is 1. The maximum atomic E-state index is 13.9. The lowest BCUT2D eigenvalue weighted by atomic mass is 10.1. The molecule has 2 heterocycles. The Morgan fingerprint density at radius 3 is 2.92 bits per heavy atom. The van der Waals surface area contributed by atoms with Crippen molar-refractivity contribution in [2.75, 3.05) is 12.4 Å². The summed E-state index contributed by atoms with van der Waals surface area (Å²) in [6, 6.07) is 7.90. The van der Waals surface area contributed by atoms with E-state index in [1.165, 1.54) is 13.2 Å². The number of methoxy groups -OCH3 is 1. The smallest absolute Gasteiger partial charge is 0.231 e. The van der Waals surface area contributed by atoms with Crippen LogP contribution in [0.2, 0.25) is 0 Å². The number of halogens is 2. The van der Waals surface area contributed by atoms with Gasteiger partial charge in [-0.3, -0.25) is 9.89 Å². The largest absolute Gasteiger partial charge is 0.493 e. The Labute approximate surface area is 144 Å². The molecule has 1 fully saturated rings. The van der Waals surface area contributed by atoms with Crippen LogP contribution in [-0.4, -0.2) is 34.4 Å².